The standard InChI is InChI=1S/C9H22O2SSi/c1-5-6-7-12(10,11)8-9-13(2,3)4/h5-9H2,1-4H3. The largest absolute Gasteiger partial charge is 0.229 e. The second-order valence-corrected chi connectivity index (χ2v) is 12.7. The van der Waals surface area contributed by atoms with Gasteiger partial charge in [-0.15, -0.1) is 0 Å². The molecule has 0 aliphatic heterocycles. The van der Waals surface area contributed by atoms with Gasteiger partial charge in [-0.3, -0.25) is 0 Å². The monoisotopic (exact) mass is 222 g/mol. The van der Waals surface area contributed by atoms with E-state index in [-0.39, 0.29) is 0 Å². The molecule has 0 amide bonds. The van der Waals surface area contributed by atoms with Gasteiger partial charge in [0, 0.05) is 13.8 Å². The maximum Gasteiger partial charge on any atom is 0.150 e. The predicted molar refractivity (Wildman–Crippen MR) is 61.7 cm³/mol. The molecule has 0 heterocycles. The van der Waals surface area contributed by atoms with Crippen LogP contribution in [0.3, 0.4) is 0 Å². The number of unbranched alkanes of at least 4 members (excludes halogenated alkanes) is 1. The van der Waals surface area contributed by atoms with Crippen LogP contribution in [0.5, 0.6) is 0 Å². The first-order valence-electron chi connectivity index (χ1n) is 4.97. The molecule has 0 aromatic heterocycles. The van der Waals surface area contributed by atoms with E-state index in [2.05, 4.69) is 19.6 Å². The van der Waals surface area contributed by atoms with Crippen molar-refractivity contribution in [2.45, 2.75) is 45.5 Å². The Balaban J connectivity index is 3.91. The molecule has 0 saturated heterocycles. The Kier molecular flexibility index (Phi) is 5.21. The summed E-state index contributed by atoms with van der Waals surface area (Å²) < 4.78 is 22.9. The van der Waals surface area contributed by atoms with Gasteiger partial charge in [0.15, 0.2) is 0 Å². The average molecular weight is 222 g/mol. The molecular formula is C9H22O2SSi. The van der Waals surface area contributed by atoms with Crippen LogP contribution in [0.4, 0.5) is 0 Å². The van der Waals surface area contributed by atoms with Gasteiger partial charge in [-0.2, -0.15) is 0 Å². The second-order valence-electron chi connectivity index (χ2n) is 4.82. The molecule has 4 heteroatoms. The third-order valence-electron chi connectivity index (χ3n) is 1.97. The molecule has 13 heavy (non-hydrogen) atoms. The van der Waals surface area contributed by atoms with Crippen molar-refractivity contribution in [1.82, 2.24) is 0 Å². The van der Waals surface area contributed by atoms with Crippen LogP contribution < -0.4 is 0 Å². The first kappa shape index (κ1) is 13.2. The SMILES string of the molecule is CCCCS(=O)(=O)CC[Si](C)(C)C. The third-order valence-corrected chi connectivity index (χ3v) is 5.82. The maximum atomic E-state index is 11.5. The molecule has 0 aromatic rings. The summed E-state index contributed by atoms with van der Waals surface area (Å²) in [4.78, 5) is 0. The topological polar surface area (TPSA) is 34.1 Å². The Morgan fingerprint density at radius 3 is 2.00 bits per heavy atom. The summed E-state index contributed by atoms with van der Waals surface area (Å²) >= 11 is 0. The number of hydrogen-bond donors (Lipinski definition) is 0. The van der Waals surface area contributed by atoms with E-state index in [4.69, 9.17) is 0 Å². The first-order chi connectivity index (χ1) is 5.77. The molecule has 0 aliphatic rings. The van der Waals surface area contributed by atoms with Crippen molar-refractivity contribution in [3.8, 4) is 0 Å². The highest BCUT2D eigenvalue weighted by atomic mass is 32.2. The molecular weight excluding hydrogens is 200 g/mol. The molecule has 80 valence electrons. The molecule has 0 spiro atoms. The fourth-order valence-corrected chi connectivity index (χ4v) is 5.55. The van der Waals surface area contributed by atoms with E-state index in [0.29, 0.717) is 11.5 Å². The Morgan fingerprint density at radius 1 is 1.08 bits per heavy atom. The van der Waals surface area contributed by atoms with Crippen LogP contribution >= 0.6 is 0 Å². The predicted octanol–water partition coefficient (Wildman–Crippen LogP) is 2.54. The number of hydrogen-bond acceptors (Lipinski definition) is 2. The van der Waals surface area contributed by atoms with Crippen LogP contribution in [0.1, 0.15) is 19.8 Å². The molecule has 0 N–H and O–H groups in total. The van der Waals surface area contributed by atoms with E-state index in [1.807, 2.05) is 6.92 Å². The quantitative estimate of drug-likeness (QED) is 0.647. The second kappa shape index (κ2) is 5.15. The van der Waals surface area contributed by atoms with Gasteiger partial charge in [0.1, 0.15) is 9.84 Å². The van der Waals surface area contributed by atoms with E-state index in [9.17, 15) is 8.42 Å². The van der Waals surface area contributed by atoms with E-state index < -0.39 is 17.9 Å². The molecule has 0 atom stereocenters. The minimum atomic E-state index is -2.74. The zero-order valence-electron chi connectivity index (χ0n) is 9.26. The van der Waals surface area contributed by atoms with Crippen molar-refractivity contribution in [2.24, 2.45) is 0 Å². The van der Waals surface area contributed by atoms with Gasteiger partial charge in [0.2, 0.25) is 0 Å². The van der Waals surface area contributed by atoms with Crippen LogP contribution in [-0.2, 0) is 9.84 Å². The van der Waals surface area contributed by atoms with Gasteiger partial charge < -0.3 is 0 Å². The molecule has 0 unspecified atom stereocenters. The normalized spacial score (nSPS) is 13.2. The van der Waals surface area contributed by atoms with Crippen molar-refractivity contribution in [1.29, 1.82) is 0 Å². The van der Waals surface area contributed by atoms with Crippen LogP contribution in [0.2, 0.25) is 25.7 Å². The van der Waals surface area contributed by atoms with Crippen molar-refractivity contribution in [3.05, 3.63) is 0 Å². The fourth-order valence-electron chi connectivity index (χ4n) is 0.928. The highest BCUT2D eigenvalue weighted by molar-refractivity contribution is 7.91. The molecule has 0 aromatic carbocycles. The summed E-state index contributed by atoms with van der Waals surface area (Å²) in [6.45, 7) is 8.65. The maximum absolute atomic E-state index is 11.5. The summed E-state index contributed by atoms with van der Waals surface area (Å²) in [5.74, 6) is 0.788. The first-order valence-corrected chi connectivity index (χ1v) is 10.5. The van der Waals surface area contributed by atoms with Crippen LogP contribution in [-0.4, -0.2) is 28.0 Å². The minimum Gasteiger partial charge on any atom is -0.229 e. The van der Waals surface area contributed by atoms with Gasteiger partial charge in [-0.25, -0.2) is 8.42 Å². The van der Waals surface area contributed by atoms with Crippen LogP contribution in [0, 0.1) is 0 Å². The number of rotatable bonds is 6. The Morgan fingerprint density at radius 2 is 1.62 bits per heavy atom. The van der Waals surface area contributed by atoms with Gasteiger partial charge >= 0.3 is 0 Å². The van der Waals surface area contributed by atoms with Crippen molar-refractivity contribution < 1.29 is 8.42 Å². The zero-order chi connectivity index (χ0) is 10.5. The summed E-state index contributed by atoms with van der Waals surface area (Å²) in [6.07, 6.45) is 1.78. The average Bonchev–Trinajstić information content (AvgIpc) is 1.97. The summed E-state index contributed by atoms with van der Waals surface area (Å²) in [5.41, 5.74) is 0. The van der Waals surface area contributed by atoms with Crippen molar-refractivity contribution in [2.75, 3.05) is 11.5 Å². The molecule has 0 aliphatic carbocycles. The van der Waals surface area contributed by atoms with Gasteiger partial charge in [-0.05, 0) is 12.5 Å². The number of sulfone groups is 1. The third kappa shape index (κ3) is 8.50. The van der Waals surface area contributed by atoms with Crippen molar-refractivity contribution >= 4 is 17.9 Å². The Bertz CT molecular complexity index is 226. The molecule has 0 fully saturated rings. The Labute approximate surface area is 83.7 Å². The highest BCUT2D eigenvalue weighted by Gasteiger charge is 2.18. The smallest absolute Gasteiger partial charge is 0.150 e. The lowest BCUT2D eigenvalue weighted by Crippen LogP contribution is -2.24. The highest BCUT2D eigenvalue weighted by Crippen LogP contribution is 2.10. The minimum absolute atomic E-state index is 0.383. The fraction of sp³-hybridized carbons (Fsp3) is 1.00. The van der Waals surface area contributed by atoms with E-state index in [0.717, 1.165) is 18.9 Å². The van der Waals surface area contributed by atoms with Gasteiger partial charge in [-0.1, -0.05) is 33.0 Å². The van der Waals surface area contributed by atoms with E-state index in [1.165, 1.54) is 0 Å². The van der Waals surface area contributed by atoms with E-state index >= 15 is 0 Å². The lowest BCUT2D eigenvalue weighted by atomic mass is 10.4. The lowest BCUT2D eigenvalue weighted by molar-refractivity contribution is 0.593. The zero-order valence-corrected chi connectivity index (χ0v) is 11.1. The van der Waals surface area contributed by atoms with Crippen molar-refractivity contribution in [3.63, 3.8) is 0 Å². The molecule has 2 nitrogen and oxygen atoms in total. The van der Waals surface area contributed by atoms with Gasteiger partial charge in [0.25, 0.3) is 0 Å². The summed E-state index contributed by atoms with van der Waals surface area (Å²) in [6, 6.07) is 0.902. The van der Waals surface area contributed by atoms with Crippen LogP contribution in [0.15, 0.2) is 0 Å². The Hall–Kier alpha value is 0.167. The molecule has 0 bridgehead atoms. The summed E-state index contributed by atoms with van der Waals surface area (Å²) in [5, 5.41) is 0. The van der Waals surface area contributed by atoms with Crippen LogP contribution in [0.25, 0.3) is 0 Å². The molecule has 0 rings (SSSR count). The lowest BCUT2D eigenvalue weighted by Gasteiger charge is -2.15. The van der Waals surface area contributed by atoms with Gasteiger partial charge in [0.05, 0.1) is 5.75 Å². The summed E-state index contributed by atoms with van der Waals surface area (Å²) in [7, 11) is -3.93. The molecule has 0 radical (unpaired) electrons. The van der Waals surface area contributed by atoms with E-state index in [1.54, 1.807) is 0 Å². The molecule has 0 saturated carbocycles.